The lowest BCUT2D eigenvalue weighted by molar-refractivity contribution is -0.137. The van der Waals surface area contributed by atoms with Gasteiger partial charge in [-0.05, 0) is 12.1 Å². The summed E-state index contributed by atoms with van der Waals surface area (Å²) in [6, 6.07) is 4.25. The molecule has 0 saturated heterocycles. The van der Waals surface area contributed by atoms with Crippen molar-refractivity contribution in [1.29, 1.82) is 0 Å². The van der Waals surface area contributed by atoms with Gasteiger partial charge in [-0.1, -0.05) is 6.07 Å². The maximum atomic E-state index is 11.6. The standard InChI is InChI=1S/C10H13NO6S/c1-16-8-5-3-4-7(12)10(8)11-18(14,15)6-9(13)17-2/h3-5,11-12H,6H2,1-2H3. The van der Waals surface area contributed by atoms with Gasteiger partial charge in [0.2, 0.25) is 10.0 Å². The van der Waals surface area contributed by atoms with E-state index >= 15 is 0 Å². The second-order valence-electron chi connectivity index (χ2n) is 3.29. The number of nitrogens with one attached hydrogen (secondary N) is 1. The molecule has 0 heterocycles. The molecule has 0 aliphatic rings. The van der Waals surface area contributed by atoms with Crippen molar-refractivity contribution in [2.45, 2.75) is 0 Å². The van der Waals surface area contributed by atoms with Crippen molar-refractivity contribution in [2.75, 3.05) is 24.7 Å². The summed E-state index contributed by atoms with van der Waals surface area (Å²) in [6.07, 6.45) is 0. The second-order valence-corrected chi connectivity index (χ2v) is 5.01. The minimum absolute atomic E-state index is 0.121. The molecule has 0 aromatic heterocycles. The summed E-state index contributed by atoms with van der Waals surface area (Å²) >= 11 is 0. The number of sulfonamides is 1. The third-order valence-electron chi connectivity index (χ3n) is 2.02. The highest BCUT2D eigenvalue weighted by Gasteiger charge is 2.20. The third-order valence-corrected chi connectivity index (χ3v) is 3.15. The van der Waals surface area contributed by atoms with Crippen LogP contribution in [0, 0.1) is 0 Å². The van der Waals surface area contributed by atoms with Gasteiger partial charge in [0.15, 0.2) is 5.75 Å². The van der Waals surface area contributed by atoms with Gasteiger partial charge in [-0.3, -0.25) is 9.52 Å². The average molecular weight is 275 g/mol. The van der Waals surface area contributed by atoms with Crippen LogP contribution in [0.4, 0.5) is 5.69 Å². The van der Waals surface area contributed by atoms with E-state index in [9.17, 15) is 18.3 Å². The predicted molar refractivity (Wildman–Crippen MR) is 64.1 cm³/mol. The highest BCUT2D eigenvalue weighted by atomic mass is 32.2. The fraction of sp³-hybridized carbons (Fsp3) is 0.300. The maximum Gasteiger partial charge on any atom is 0.322 e. The van der Waals surface area contributed by atoms with Crippen LogP contribution in [0.2, 0.25) is 0 Å². The average Bonchev–Trinajstić information content (AvgIpc) is 2.30. The quantitative estimate of drug-likeness (QED) is 0.592. The number of phenolic OH excluding ortho intramolecular Hbond substituents is 1. The van der Waals surface area contributed by atoms with E-state index in [1.807, 2.05) is 0 Å². The molecule has 7 nitrogen and oxygen atoms in total. The van der Waals surface area contributed by atoms with E-state index < -0.39 is 21.7 Å². The molecular formula is C10H13NO6S. The van der Waals surface area contributed by atoms with Crippen LogP contribution in [-0.2, 0) is 19.6 Å². The number of carbonyl (C=O) groups is 1. The zero-order chi connectivity index (χ0) is 13.8. The van der Waals surface area contributed by atoms with E-state index in [0.717, 1.165) is 7.11 Å². The first-order valence-electron chi connectivity index (χ1n) is 4.83. The van der Waals surface area contributed by atoms with Crippen molar-refractivity contribution in [1.82, 2.24) is 0 Å². The SMILES string of the molecule is COC(=O)CS(=O)(=O)Nc1c(O)cccc1OC. The number of anilines is 1. The number of carbonyl (C=O) groups excluding carboxylic acids is 1. The Labute approximate surface area is 104 Å². The summed E-state index contributed by atoms with van der Waals surface area (Å²) in [4.78, 5) is 10.9. The molecule has 0 aliphatic carbocycles. The number of phenols is 1. The molecule has 100 valence electrons. The maximum absolute atomic E-state index is 11.6. The summed E-state index contributed by atoms with van der Waals surface area (Å²) < 4.78 is 34.4. The number of aromatic hydroxyl groups is 1. The van der Waals surface area contributed by atoms with Crippen LogP contribution >= 0.6 is 0 Å². The fourth-order valence-electron chi connectivity index (χ4n) is 1.20. The van der Waals surface area contributed by atoms with Gasteiger partial charge in [0.05, 0.1) is 14.2 Å². The normalized spacial score (nSPS) is 10.8. The number of para-hydroxylation sites is 1. The first kappa shape index (κ1) is 14.1. The highest BCUT2D eigenvalue weighted by molar-refractivity contribution is 7.93. The van der Waals surface area contributed by atoms with Crippen molar-refractivity contribution in [3.8, 4) is 11.5 Å². The predicted octanol–water partition coefficient (Wildman–Crippen LogP) is 0.315. The molecule has 0 amide bonds. The molecule has 0 unspecified atom stereocenters. The molecule has 0 radical (unpaired) electrons. The third kappa shape index (κ3) is 3.52. The Bertz CT molecular complexity index is 539. The van der Waals surface area contributed by atoms with Crippen LogP contribution in [0.25, 0.3) is 0 Å². The van der Waals surface area contributed by atoms with Gasteiger partial charge in [-0.25, -0.2) is 8.42 Å². The molecule has 0 atom stereocenters. The molecular weight excluding hydrogens is 262 g/mol. The van der Waals surface area contributed by atoms with Crippen LogP contribution in [0.1, 0.15) is 0 Å². The summed E-state index contributed by atoms with van der Waals surface area (Å²) in [7, 11) is -1.56. The monoisotopic (exact) mass is 275 g/mol. The molecule has 2 N–H and O–H groups in total. The number of hydrogen-bond acceptors (Lipinski definition) is 6. The molecule has 0 saturated carbocycles. The zero-order valence-electron chi connectivity index (χ0n) is 9.84. The molecule has 0 bridgehead atoms. The Kier molecular flexibility index (Phi) is 4.38. The van der Waals surface area contributed by atoms with Gasteiger partial charge in [-0.2, -0.15) is 0 Å². The van der Waals surface area contributed by atoms with E-state index in [4.69, 9.17) is 4.74 Å². The fourth-order valence-corrected chi connectivity index (χ4v) is 2.21. The molecule has 1 aromatic carbocycles. The first-order valence-corrected chi connectivity index (χ1v) is 6.48. The molecule has 1 aromatic rings. The Hall–Kier alpha value is -1.96. The van der Waals surface area contributed by atoms with E-state index in [1.54, 1.807) is 0 Å². The van der Waals surface area contributed by atoms with Gasteiger partial charge in [0.1, 0.15) is 17.2 Å². The lowest BCUT2D eigenvalue weighted by atomic mass is 10.3. The Balaban J connectivity index is 3.00. The molecule has 8 heteroatoms. The van der Waals surface area contributed by atoms with Crippen LogP contribution in [-0.4, -0.2) is 39.5 Å². The minimum Gasteiger partial charge on any atom is -0.506 e. The van der Waals surface area contributed by atoms with Gasteiger partial charge < -0.3 is 14.6 Å². The smallest absolute Gasteiger partial charge is 0.322 e. The highest BCUT2D eigenvalue weighted by Crippen LogP contribution is 2.33. The van der Waals surface area contributed by atoms with Crippen LogP contribution < -0.4 is 9.46 Å². The summed E-state index contributed by atoms with van der Waals surface area (Å²) in [5.41, 5.74) is -0.121. The first-order chi connectivity index (χ1) is 8.39. The molecule has 0 spiro atoms. The van der Waals surface area contributed by atoms with Gasteiger partial charge in [0, 0.05) is 0 Å². The summed E-state index contributed by atoms with van der Waals surface area (Å²) in [5, 5.41) is 9.55. The number of rotatable bonds is 5. The minimum atomic E-state index is -3.97. The van der Waals surface area contributed by atoms with Gasteiger partial charge >= 0.3 is 5.97 Å². The molecule has 1 rings (SSSR count). The van der Waals surface area contributed by atoms with E-state index in [2.05, 4.69) is 9.46 Å². The van der Waals surface area contributed by atoms with Crippen molar-refractivity contribution < 1.29 is 27.8 Å². The van der Waals surface area contributed by atoms with Gasteiger partial charge in [0.25, 0.3) is 0 Å². The Morgan fingerprint density at radius 3 is 2.61 bits per heavy atom. The molecule has 18 heavy (non-hydrogen) atoms. The number of ether oxygens (including phenoxy) is 2. The molecule has 0 aliphatic heterocycles. The topological polar surface area (TPSA) is 102 Å². The Morgan fingerprint density at radius 2 is 2.06 bits per heavy atom. The number of methoxy groups -OCH3 is 2. The number of hydrogen-bond donors (Lipinski definition) is 2. The van der Waals surface area contributed by atoms with Crippen molar-refractivity contribution in [3.05, 3.63) is 18.2 Å². The Morgan fingerprint density at radius 1 is 1.39 bits per heavy atom. The lowest BCUT2D eigenvalue weighted by Crippen LogP contribution is -2.23. The largest absolute Gasteiger partial charge is 0.506 e. The van der Waals surface area contributed by atoms with E-state index in [1.165, 1.54) is 25.3 Å². The van der Waals surface area contributed by atoms with Crippen molar-refractivity contribution in [3.63, 3.8) is 0 Å². The number of benzene rings is 1. The van der Waals surface area contributed by atoms with Crippen LogP contribution in [0.3, 0.4) is 0 Å². The zero-order valence-corrected chi connectivity index (χ0v) is 10.7. The lowest BCUT2D eigenvalue weighted by Gasteiger charge is -2.12. The van der Waals surface area contributed by atoms with Crippen LogP contribution in [0.5, 0.6) is 11.5 Å². The van der Waals surface area contributed by atoms with Crippen molar-refractivity contribution >= 4 is 21.7 Å². The van der Waals surface area contributed by atoms with Gasteiger partial charge in [-0.15, -0.1) is 0 Å². The van der Waals surface area contributed by atoms with E-state index in [0.29, 0.717) is 0 Å². The summed E-state index contributed by atoms with van der Waals surface area (Å²) in [6.45, 7) is 0. The number of esters is 1. The second kappa shape index (κ2) is 5.58. The van der Waals surface area contributed by atoms with E-state index in [-0.39, 0.29) is 17.2 Å². The van der Waals surface area contributed by atoms with Crippen molar-refractivity contribution in [2.24, 2.45) is 0 Å². The van der Waals surface area contributed by atoms with Crippen LogP contribution in [0.15, 0.2) is 18.2 Å². The molecule has 0 fully saturated rings. The summed E-state index contributed by atoms with van der Waals surface area (Å²) in [5.74, 6) is -1.91.